The lowest BCUT2D eigenvalue weighted by molar-refractivity contribution is 0.511. The molecule has 0 nitrogen and oxygen atoms in total. The molecular weight excluding hydrogens is 537 g/mol. The molecule has 2 heteroatoms. The Morgan fingerprint density at radius 1 is 0.167 bits per heavy atom. The molecule has 0 aliphatic heterocycles. The zero-order valence-corrected chi connectivity index (χ0v) is 32.5. The third-order valence-corrected chi connectivity index (χ3v) is 12.3. The molecule has 0 aromatic heterocycles. The van der Waals surface area contributed by atoms with E-state index in [-0.39, 0.29) is 17.6 Å². The number of hydrogen-bond acceptors (Lipinski definition) is 0. The summed E-state index contributed by atoms with van der Waals surface area (Å²) in [5.74, 6) is 0. The number of hydrogen-bond donors (Lipinski definition) is 0. The lowest BCUT2D eigenvalue weighted by Crippen LogP contribution is -1.97. The normalized spacial score (nSPS) is 11.9. The van der Waals surface area contributed by atoms with Crippen molar-refractivity contribution >= 4 is 17.6 Å². The van der Waals surface area contributed by atoms with Gasteiger partial charge in [-0.05, 0) is 0 Å². The molecule has 0 saturated carbocycles. The van der Waals surface area contributed by atoms with Gasteiger partial charge in [-0.1, -0.05) is 257 Å². The average molecular weight is 621 g/mol. The third kappa shape index (κ3) is 40.4. The van der Waals surface area contributed by atoms with Gasteiger partial charge >= 0.3 is 0 Å². The van der Waals surface area contributed by atoms with Gasteiger partial charge in [0.1, 0.15) is 0 Å². The first-order valence-electron chi connectivity index (χ1n) is 20.2. The van der Waals surface area contributed by atoms with E-state index in [4.69, 9.17) is 0 Å². The van der Waals surface area contributed by atoms with Gasteiger partial charge < -0.3 is 0 Å². The fourth-order valence-corrected chi connectivity index (χ4v) is 8.53. The molecule has 0 amide bonds. The van der Waals surface area contributed by atoms with Gasteiger partial charge in [0.15, 0.2) is 0 Å². The average Bonchev–Trinajstić information content (AvgIpc) is 2.96. The summed E-state index contributed by atoms with van der Waals surface area (Å²) in [6, 6.07) is 3.06. The van der Waals surface area contributed by atoms with Crippen molar-refractivity contribution in [3.05, 3.63) is 0 Å². The molecule has 0 unspecified atom stereocenters. The van der Waals surface area contributed by atoms with Crippen LogP contribution >= 0.6 is 0 Å². The van der Waals surface area contributed by atoms with Crippen LogP contribution < -0.4 is 0 Å². The summed E-state index contributed by atoms with van der Waals surface area (Å²) in [5, 5.41) is 0. The molecule has 252 valence electrons. The van der Waals surface area contributed by atoms with Crippen LogP contribution in [0.4, 0.5) is 0 Å². The zero-order valence-electron chi connectivity index (χ0n) is 30.5. The molecule has 0 heterocycles. The SMILES string of the molecule is C[Si](C)CCCCCCCCCCCCCCCCCCCCCCCCCCCCCCCCCCCC[Si](C)C. The fourth-order valence-electron chi connectivity index (χ4n) is 6.61. The van der Waals surface area contributed by atoms with E-state index >= 15 is 0 Å². The van der Waals surface area contributed by atoms with Crippen LogP contribution in [0.15, 0.2) is 0 Å². The zero-order chi connectivity index (χ0) is 30.6. The van der Waals surface area contributed by atoms with E-state index in [2.05, 4.69) is 26.2 Å². The molecular formula is C40H84Si2. The van der Waals surface area contributed by atoms with Crippen molar-refractivity contribution in [2.75, 3.05) is 0 Å². The van der Waals surface area contributed by atoms with Gasteiger partial charge in [0.25, 0.3) is 0 Å². The van der Waals surface area contributed by atoms with Crippen LogP contribution in [0.25, 0.3) is 0 Å². The van der Waals surface area contributed by atoms with Crippen molar-refractivity contribution in [1.29, 1.82) is 0 Å². The Morgan fingerprint density at radius 3 is 0.357 bits per heavy atom. The van der Waals surface area contributed by atoms with E-state index in [1.165, 1.54) is 230 Å². The van der Waals surface area contributed by atoms with Crippen molar-refractivity contribution in [2.24, 2.45) is 0 Å². The first-order chi connectivity index (χ1) is 20.6. The second-order valence-corrected chi connectivity index (χ2v) is 20.8. The molecule has 0 bridgehead atoms. The maximum Gasteiger partial charge on any atom is 0.0412 e. The Hall–Kier alpha value is 0.434. The van der Waals surface area contributed by atoms with E-state index in [0.29, 0.717) is 0 Å². The highest BCUT2D eigenvalue weighted by molar-refractivity contribution is 6.55. The highest BCUT2D eigenvalue weighted by Gasteiger charge is 1.99. The van der Waals surface area contributed by atoms with Crippen LogP contribution in [-0.4, -0.2) is 17.6 Å². The Bertz CT molecular complexity index is 419. The predicted octanol–water partition coefficient (Wildman–Crippen LogP) is 15.8. The van der Waals surface area contributed by atoms with Crippen LogP contribution in [0.5, 0.6) is 0 Å². The molecule has 0 fully saturated rings. The summed E-state index contributed by atoms with van der Waals surface area (Å²) < 4.78 is 0. The molecule has 0 N–H and O–H groups in total. The summed E-state index contributed by atoms with van der Waals surface area (Å²) >= 11 is 0. The molecule has 0 aliphatic carbocycles. The lowest BCUT2D eigenvalue weighted by Gasteiger charge is -2.05. The highest BCUT2D eigenvalue weighted by Crippen LogP contribution is 2.17. The minimum atomic E-state index is 0.0325. The van der Waals surface area contributed by atoms with Gasteiger partial charge in [-0.2, -0.15) is 0 Å². The van der Waals surface area contributed by atoms with Crippen molar-refractivity contribution in [1.82, 2.24) is 0 Å². The van der Waals surface area contributed by atoms with Gasteiger partial charge in [-0.25, -0.2) is 0 Å². The van der Waals surface area contributed by atoms with Crippen LogP contribution in [0, 0.1) is 0 Å². The van der Waals surface area contributed by atoms with Crippen molar-refractivity contribution < 1.29 is 0 Å². The van der Waals surface area contributed by atoms with Crippen LogP contribution in [0.1, 0.15) is 218 Å². The molecule has 0 aromatic carbocycles. The largest absolute Gasteiger partial charge is 0.0713 e. The molecule has 0 aliphatic rings. The predicted molar refractivity (Wildman–Crippen MR) is 202 cm³/mol. The van der Waals surface area contributed by atoms with E-state index in [1.54, 1.807) is 0 Å². The lowest BCUT2D eigenvalue weighted by atomic mass is 10.0. The van der Waals surface area contributed by atoms with Gasteiger partial charge in [-0.3, -0.25) is 0 Å². The summed E-state index contributed by atoms with van der Waals surface area (Å²) in [5.41, 5.74) is 0. The van der Waals surface area contributed by atoms with Crippen molar-refractivity contribution in [2.45, 2.75) is 257 Å². The molecule has 2 radical (unpaired) electrons. The number of unbranched alkanes of at least 4 members (excludes halogenated alkanes) is 33. The molecule has 0 atom stereocenters. The molecule has 0 aromatic rings. The van der Waals surface area contributed by atoms with E-state index in [0.717, 1.165) is 0 Å². The summed E-state index contributed by atoms with van der Waals surface area (Å²) in [4.78, 5) is 0. The highest BCUT2D eigenvalue weighted by atomic mass is 28.3. The van der Waals surface area contributed by atoms with Crippen LogP contribution in [-0.2, 0) is 0 Å². The second kappa shape index (κ2) is 37.6. The van der Waals surface area contributed by atoms with Gasteiger partial charge in [-0.15, -0.1) is 0 Å². The topological polar surface area (TPSA) is 0 Å². The molecule has 0 saturated heterocycles. The van der Waals surface area contributed by atoms with Gasteiger partial charge in [0.2, 0.25) is 0 Å². The maximum absolute atomic E-state index is 2.45. The minimum absolute atomic E-state index is 0.0325. The van der Waals surface area contributed by atoms with E-state index in [9.17, 15) is 0 Å². The second-order valence-electron chi connectivity index (χ2n) is 14.9. The van der Waals surface area contributed by atoms with Crippen LogP contribution in [0.3, 0.4) is 0 Å². The standard InChI is InChI=1S/C40H84Si2/c1-41(2)39-37-35-33-31-29-27-25-23-21-19-17-15-13-11-9-7-5-6-8-10-12-14-16-18-20-22-24-26-28-30-32-34-36-38-40-42(3)4/h5-40H2,1-4H3. The Balaban J connectivity index is 3.04. The Kier molecular flexibility index (Phi) is 38.0. The molecule has 42 heavy (non-hydrogen) atoms. The molecule has 0 rings (SSSR count). The van der Waals surface area contributed by atoms with Gasteiger partial charge in [0, 0.05) is 17.6 Å². The summed E-state index contributed by atoms with van der Waals surface area (Å²) in [7, 11) is 0.0651. The van der Waals surface area contributed by atoms with Crippen molar-refractivity contribution in [3.63, 3.8) is 0 Å². The Morgan fingerprint density at radius 2 is 0.262 bits per heavy atom. The summed E-state index contributed by atoms with van der Waals surface area (Å²) in [6.45, 7) is 9.81. The minimum Gasteiger partial charge on any atom is -0.0713 e. The number of rotatable bonds is 37. The van der Waals surface area contributed by atoms with Gasteiger partial charge in [0.05, 0.1) is 0 Å². The maximum atomic E-state index is 2.45. The first-order valence-corrected chi connectivity index (χ1v) is 25.6. The Labute approximate surface area is 273 Å². The smallest absolute Gasteiger partial charge is 0.0412 e. The first kappa shape index (κ1) is 42.4. The fraction of sp³-hybridized carbons (Fsp3) is 1.00. The quantitative estimate of drug-likeness (QED) is 0.0478. The van der Waals surface area contributed by atoms with Crippen LogP contribution in [0.2, 0.25) is 38.3 Å². The monoisotopic (exact) mass is 621 g/mol. The van der Waals surface area contributed by atoms with E-state index in [1.807, 2.05) is 0 Å². The third-order valence-electron chi connectivity index (χ3n) is 9.60. The van der Waals surface area contributed by atoms with Crippen molar-refractivity contribution in [3.8, 4) is 0 Å². The van der Waals surface area contributed by atoms with E-state index < -0.39 is 0 Å². The molecule has 0 spiro atoms. The summed E-state index contributed by atoms with van der Waals surface area (Å²) in [6.07, 6.45) is 50.9.